The number of sulfonamides is 1. The maximum Gasteiger partial charge on any atom is 0.264 e. The maximum atomic E-state index is 13.4. The second-order valence-corrected chi connectivity index (χ2v) is 11.2. The summed E-state index contributed by atoms with van der Waals surface area (Å²) in [5, 5.41) is 4.39. The molecule has 7 nitrogen and oxygen atoms in total. The van der Waals surface area contributed by atoms with Gasteiger partial charge in [0.2, 0.25) is 0 Å². The fourth-order valence-electron chi connectivity index (χ4n) is 3.52. The van der Waals surface area contributed by atoms with Crippen molar-refractivity contribution in [3.8, 4) is 5.75 Å². The minimum absolute atomic E-state index is 0.0251. The van der Waals surface area contributed by atoms with Crippen molar-refractivity contribution in [2.75, 3.05) is 10.8 Å². The van der Waals surface area contributed by atoms with Gasteiger partial charge in [-0.15, -0.1) is 0 Å². The Kier molecular flexibility index (Phi) is 9.24. The van der Waals surface area contributed by atoms with E-state index in [1.165, 1.54) is 42.1 Å². The largest absolute Gasteiger partial charge is 0.489 e. The van der Waals surface area contributed by atoms with Gasteiger partial charge >= 0.3 is 0 Å². The van der Waals surface area contributed by atoms with Crippen molar-refractivity contribution in [2.24, 2.45) is 5.10 Å². The SMILES string of the molecule is Cc1ccc(COc2ccc(/C=N/NC(=O)CN(c3ccc(Cl)c(Cl)c3)S(=O)(=O)c3ccccc3)cc2)cc1. The van der Waals surface area contributed by atoms with E-state index in [1.807, 2.05) is 31.2 Å². The Hall–Kier alpha value is -3.85. The van der Waals surface area contributed by atoms with Crippen LogP contribution in [0.15, 0.2) is 107 Å². The van der Waals surface area contributed by atoms with Crippen LogP contribution in [0.5, 0.6) is 5.75 Å². The molecule has 0 fully saturated rings. The summed E-state index contributed by atoms with van der Waals surface area (Å²) < 4.78 is 33.5. The van der Waals surface area contributed by atoms with E-state index in [0.29, 0.717) is 12.4 Å². The van der Waals surface area contributed by atoms with Gasteiger partial charge in [0.25, 0.3) is 15.9 Å². The molecule has 0 aliphatic heterocycles. The molecule has 0 aromatic heterocycles. The summed E-state index contributed by atoms with van der Waals surface area (Å²) in [6.07, 6.45) is 1.46. The smallest absolute Gasteiger partial charge is 0.264 e. The lowest BCUT2D eigenvalue weighted by Crippen LogP contribution is -2.39. The molecule has 4 aromatic rings. The molecule has 200 valence electrons. The molecule has 0 spiro atoms. The van der Waals surface area contributed by atoms with E-state index in [2.05, 4.69) is 10.5 Å². The Balaban J connectivity index is 1.41. The number of carbonyl (C=O) groups excluding carboxylic acids is 1. The predicted octanol–water partition coefficient (Wildman–Crippen LogP) is 6.23. The zero-order chi connectivity index (χ0) is 27.8. The molecule has 0 heterocycles. The van der Waals surface area contributed by atoms with E-state index >= 15 is 0 Å². The fraction of sp³-hybridized carbons (Fsp3) is 0.103. The van der Waals surface area contributed by atoms with Crippen molar-refractivity contribution in [3.05, 3.63) is 124 Å². The molecule has 39 heavy (non-hydrogen) atoms. The summed E-state index contributed by atoms with van der Waals surface area (Å²) in [7, 11) is -4.08. The quantitative estimate of drug-likeness (QED) is 0.178. The third-order valence-electron chi connectivity index (χ3n) is 5.62. The number of hydrogen-bond donors (Lipinski definition) is 1. The average Bonchev–Trinajstić information content (AvgIpc) is 2.94. The molecule has 1 N–H and O–H groups in total. The minimum atomic E-state index is -4.08. The zero-order valence-electron chi connectivity index (χ0n) is 20.9. The number of carbonyl (C=O) groups is 1. The van der Waals surface area contributed by atoms with Crippen LogP contribution in [-0.2, 0) is 21.4 Å². The summed E-state index contributed by atoms with van der Waals surface area (Å²) in [5.41, 5.74) is 5.55. The minimum Gasteiger partial charge on any atom is -0.489 e. The van der Waals surface area contributed by atoms with Crippen LogP contribution < -0.4 is 14.5 Å². The lowest BCUT2D eigenvalue weighted by molar-refractivity contribution is -0.119. The van der Waals surface area contributed by atoms with Gasteiger partial charge < -0.3 is 4.74 Å². The Morgan fingerprint density at radius 1 is 0.923 bits per heavy atom. The lowest BCUT2D eigenvalue weighted by Gasteiger charge is -2.24. The number of halogens is 2. The predicted molar refractivity (Wildman–Crippen MR) is 155 cm³/mol. The second kappa shape index (κ2) is 12.8. The maximum absolute atomic E-state index is 13.4. The molecular formula is C29H25Cl2N3O4S. The highest BCUT2D eigenvalue weighted by molar-refractivity contribution is 7.92. The van der Waals surface area contributed by atoms with Gasteiger partial charge in [-0.1, -0.05) is 71.2 Å². The van der Waals surface area contributed by atoms with Crippen LogP contribution in [0.3, 0.4) is 0 Å². The summed E-state index contributed by atoms with van der Waals surface area (Å²) in [6.45, 7) is 1.95. The Bertz CT molecular complexity index is 1560. The van der Waals surface area contributed by atoms with Crippen LogP contribution in [0.25, 0.3) is 0 Å². The highest BCUT2D eigenvalue weighted by Crippen LogP contribution is 2.30. The van der Waals surface area contributed by atoms with E-state index in [9.17, 15) is 13.2 Å². The highest BCUT2D eigenvalue weighted by atomic mass is 35.5. The van der Waals surface area contributed by atoms with E-state index in [0.717, 1.165) is 15.4 Å². The standard InChI is InChI=1S/C29H25Cl2N3O4S/c1-21-7-9-23(10-8-21)20-38-25-14-11-22(12-15-25)18-32-33-29(35)19-34(24-13-16-27(30)28(31)17-24)39(36,37)26-5-3-2-4-6-26/h2-18H,19-20H2,1H3,(H,33,35)/b32-18+. The van der Waals surface area contributed by atoms with Gasteiger partial charge in [0.15, 0.2) is 0 Å². The number of benzene rings is 4. The van der Waals surface area contributed by atoms with Crippen molar-refractivity contribution < 1.29 is 17.9 Å². The summed E-state index contributed by atoms with van der Waals surface area (Å²) >= 11 is 12.1. The normalized spacial score (nSPS) is 11.4. The number of rotatable bonds is 10. The summed E-state index contributed by atoms with van der Waals surface area (Å²) in [5.74, 6) is 0.0510. The van der Waals surface area contributed by atoms with Gasteiger partial charge in [-0.3, -0.25) is 9.10 Å². The first kappa shape index (κ1) is 28.2. The molecule has 0 aliphatic rings. The first-order valence-corrected chi connectivity index (χ1v) is 14.0. The average molecular weight is 583 g/mol. The Morgan fingerprint density at radius 2 is 1.62 bits per heavy atom. The van der Waals surface area contributed by atoms with Crippen LogP contribution in [-0.4, -0.2) is 27.1 Å². The summed E-state index contributed by atoms with van der Waals surface area (Å²) in [4.78, 5) is 12.8. The van der Waals surface area contributed by atoms with E-state index in [-0.39, 0.29) is 20.6 Å². The molecule has 0 radical (unpaired) electrons. The first-order valence-electron chi connectivity index (χ1n) is 11.9. The van der Waals surface area contributed by atoms with Crippen LogP contribution >= 0.6 is 23.2 Å². The molecule has 0 saturated heterocycles. The number of nitrogens with one attached hydrogen (secondary N) is 1. The van der Waals surface area contributed by atoms with Crippen molar-refractivity contribution in [2.45, 2.75) is 18.4 Å². The molecule has 1 amide bonds. The third kappa shape index (κ3) is 7.60. The topological polar surface area (TPSA) is 88.1 Å². The molecule has 4 rings (SSSR count). The van der Waals surface area contributed by atoms with Crippen LogP contribution in [0.1, 0.15) is 16.7 Å². The van der Waals surface area contributed by atoms with Crippen molar-refractivity contribution in [1.29, 1.82) is 0 Å². The molecule has 0 atom stereocenters. The third-order valence-corrected chi connectivity index (χ3v) is 8.15. The van der Waals surface area contributed by atoms with E-state index < -0.39 is 22.5 Å². The number of hydrazone groups is 1. The van der Waals surface area contributed by atoms with Crippen LogP contribution in [0.4, 0.5) is 5.69 Å². The van der Waals surface area contributed by atoms with Crippen molar-refractivity contribution in [1.82, 2.24) is 5.43 Å². The Labute approximate surface area is 237 Å². The molecule has 0 unspecified atom stereocenters. The molecule has 4 aromatic carbocycles. The number of aryl methyl sites for hydroxylation is 1. The van der Waals surface area contributed by atoms with E-state index in [1.54, 1.807) is 42.5 Å². The molecule has 0 aliphatic carbocycles. The zero-order valence-corrected chi connectivity index (χ0v) is 23.2. The van der Waals surface area contributed by atoms with Gasteiger partial charge in [-0.05, 0) is 72.6 Å². The van der Waals surface area contributed by atoms with Gasteiger partial charge in [-0.2, -0.15) is 5.10 Å². The second-order valence-electron chi connectivity index (χ2n) is 8.56. The van der Waals surface area contributed by atoms with Gasteiger partial charge in [0, 0.05) is 0 Å². The monoisotopic (exact) mass is 581 g/mol. The number of hydrogen-bond acceptors (Lipinski definition) is 5. The molecule has 0 bridgehead atoms. The fourth-order valence-corrected chi connectivity index (χ4v) is 5.25. The molecular weight excluding hydrogens is 557 g/mol. The van der Waals surface area contributed by atoms with Crippen molar-refractivity contribution in [3.63, 3.8) is 0 Å². The van der Waals surface area contributed by atoms with Crippen LogP contribution in [0, 0.1) is 6.92 Å². The number of amides is 1. The molecule has 10 heteroatoms. The summed E-state index contributed by atoms with van der Waals surface area (Å²) in [6, 6.07) is 27.4. The van der Waals surface area contributed by atoms with Crippen LogP contribution in [0.2, 0.25) is 10.0 Å². The van der Waals surface area contributed by atoms with E-state index in [4.69, 9.17) is 27.9 Å². The molecule has 0 saturated carbocycles. The van der Waals surface area contributed by atoms with Gasteiger partial charge in [0.1, 0.15) is 18.9 Å². The number of anilines is 1. The first-order chi connectivity index (χ1) is 18.7. The highest BCUT2D eigenvalue weighted by Gasteiger charge is 2.27. The van der Waals surface area contributed by atoms with Crippen molar-refractivity contribution >= 4 is 51.0 Å². The van der Waals surface area contributed by atoms with Gasteiger partial charge in [-0.25, -0.2) is 13.8 Å². The van der Waals surface area contributed by atoms with Gasteiger partial charge in [0.05, 0.1) is 26.8 Å². The lowest BCUT2D eigenvalue weighted by atomic mass is 10.2. The Morgan fingerprint density at radius 3 is 2.28 bits per heavy atom. The number of nitrogens with zero attached hydrogens (tertiary/aromatic N) is 2. The number of ether oxygens (including phenoxy) is 1.